The van der Waals surface area contributed by atoms with E-state index in [2.05, 4.69) is 82.3 Å². The van der Waals surface area contributed by atoms with Crippen molar-refractivity contribution in [3.63, 3.8) is 0 Å². The zero-order chi connectivity index (χ0) is 41.0. The number of hydrogen-bond acceptors (Lipinski definition) is 1. The molecule has 0 amide bonds. The van der Waals surface area contributed by atoms with Crippen LogP contribution in [0.4, 0.5) is 17.1 Å². The van der Waals surface area contributed by atoms with Gasteiger partial charge in [0, 0.05) is 16.8 Å². The topological polar surface area (TPSA) is 3.24 Å². The summed E-state index contributed by atoms with van der Waals surface area (Å²) in [6.45, 7) is 9.04. The Morgan fingerprint density at radius 3 is 1.94 bits per heavy atom. The predicted molar refractivity (Wildman–Crippen MR) is 205 cm³/mol. The standard InChI is InChI=1S/C48H49N/c1-46(2)23-24-47(3,4)45-42(46)15-10-16-44(45)49(37-19-17-34(18-20-37)33-11-6-5-7-12-33)38-21-22-40-39-13-8-9-14-41(39)48(43(40)30-38)35-26-31-25-32(28-35)29-36(48)27-31/h5-22,30-32,35-36H,23-29H2,1-4H3/i5D,6D,7D,11D,12D,17D,18D,19D,20D. The molecule has 0 unspecified atom stereocenters. The number of nitrogens with zero attached hydrogens (tertiary/aromatic N) is 1. The van der Waals surface area contributed by atoms with Crippen LogP contribution < -0.4 is 4.90 Å². The number of hydrogen-bond donors (Lipinski definition) is 0. The molecule has 1 nitrogen and oxygen atoms in total. The van der Waals surface area contributed by atoms with E-state index in [0.717, 1.165) is 41.6 Å². The van der Waals surface area contributed by atoms with E-state index in [0.29, 0.717) is 11.8 Å². The van der Waals surface area contributed by atoms with Gasteiger partial charge in [0.05, 0.1) is 18.0 Å². The number of anilines is 3. The maximum Gasteiger partial charge on any atom is 0.0645 e. The Labute approximate surface area is 306 Å². The normalized spacial score (nSPS) is 30.4. The lowest BCUT2D eigenvalue weighted by atomic mass is 9.43. The Kier molecular flexibility index (Phi) is 4.67. The first-order chi connectivity index (χ1) is 27.5. The Balaban J connectivity index is 1.27. The highest BCUT2D eigenvalue weighted by atomic mass is 15.1. The summed E-state index contributed by atoms with van der Waals surface area (Å²) in [5, 5.41) is 0. The third kappa shape index (κ3) is 4.24. The van der Waals surface area contributed by atoms with Gasteiger partial charge in [-0.15, -0.1) is 0 Å². The summed E-state index contributed by atoms with van der Waals surface area (Å²) in [6.07, 6.45) is 8.16. The lowest BCUT2D eigenvalue weighted by Gasteiger charge is -2.61. The fourth-order valence-electron chi connectivity index (χ4n) is 11.5. The van der Waals surface area contributed by atoms with Gasteiger partial charge in [-0.1, -0.05) is 112 Å². The molecule has 6 aliphatic rings. The zero-order valence-corrected chi connectivity index (χ0v) is 29.0. The van der Waals surface area contributed by atoms with Crippen LogP contribution in [-0.2, 0) is 16.2 Å². The van der Waals surface area contributed by atoms with Gasteiger partial charge >= 0.3 is 0 Å². The lowest BCUT2D eigenvalue weighted by Crippen LogP contribution is -2.55. The first kappa shape index (κ1) is 21.9. The van der Waals surface area contributed by atoms with Crippen molar-refractivity contribution < 1.29 is 12.3 Å². The maximum atomic E-state index is 9.75. The number of benzene rings is 5. The summed E-state index contributed by atoms with van der Waals surface area (Å²) in [4.78, 5) is 1.96. The zero-order valence-electron chi connectivity index (χ0n) is 38.0. The van der Waals surface area contributed by atoms with Gasteiger partial charge in [0.25, 0.3) is 0 Å². The minimum atomic E-state index is -0.586. The molecule has 0 radical (unpaired) electrons. The molecule has 5 aromatic carbocycles. The van der Waals surface area contributed by atoms with Crippen molar-refractivity contribution >= 4 is 17.1 Å². The highest BCUT2D eigenvalue weighted by Crippen LogP contribution is 2.69. The summed E-state index contributed by atoms with van der Waals surface area (Å²) in [5.41, 5.74) is 8.02. The van der Waals surface area contributed by atoms with Crippen molar-refractivity contribution in [1.29, 1.82) is 0 Å². The third-order valence-electron chi connectivity index (χ3n) is 13.4. The van der Waals surface area contributed by atoms with Gasteiger partial charge in [0.2, 0.25) is 0 Å². The van der Waals surface area contributed by atoms with E-state index in [-0.39, 0.29) is 45.1 Å². The van der Waals surface area contributed by atoms with Gasteiger partial charge in [-0.25, -0.2) is 0 Å². The van der Waals surface area contributed by atoms with Crippen LogP contribution in [0.25, 0.3) is 22.3 Å². The van der Waals surface area contributed by atoms with Gasteiger partial charge < -0.3 is 4.90 Å². The Morgan fingerprint density at radius 2 is 1.20 bits per heavy atom. The molecule has 4 saturated carbocycles. The molecular weight excluding hydrogens is 591 g/mol. The molecule has 4 fully saturated rings. The van der Waals surface area contributed by atoms with Gasteiger partial charge in [-0.3, -0.25) is 0 Å². The van der Waals surface area contributed by atoms with Crippen molar-refractivity contribution in [2.75, 3.05) is 4.90 Å². The van der Waals surface area contributed by atoms with Crippen molar-refractivity contribution in [2.24, 2.45) is 23.7 Å². The van der Waals surface area contributed by atoms with E-state index in [1.165, 1.54) is 59.9 Å². The van der Waals surface area contributed by atoms with Crippen LogP contribution in [0, 0.1) is 23.7 Å². The summed E-state index contributed by atoms with van der Waals surface area (Å²) in [7, 11) is 0. The summed E-state index contributed by atoms with van der Waals surface area (Å²) >= 11 is 0. The minimum Gasteiger partial charge on any atom is -0.310 e. The van der Waals surface area contributed by atoms with Crippen molar-refractivity contribution in [2.45, 2.75) is 88.9 Å². The van der Waals surface area contributed by atoms with Crippen molar-refractivity contribution in [3.05, 3.63) is 137 Å². The molecule has 0 N–H and O–H groups in total. The fourth-order valence-corrected chi connectivity index (χ4v) is 11.5. The second kappa shape index (κ2) is 10.5. The number of fused-ring (bicyclic) bond motifs is 4. The van der Waals surface area contributed by atoms with Crippen LogP contribution in [0.1, 0.15) is 107 Å². The lowest BCUT2D eigenvalue weighted by molar-refractivity contribution is -0.0399. The molecule has 0 atom stereocenters. The average Bonchev–Trinajstić information content (AvgIpc) is 3.49. The first-order valence-corrected chi connectivity index (χ1v) is 18.3. The second-order valence-corrected chi connectivity index (χ2v) is 17.0. The van der Waals surface area contributed by atoms with E-state index in [4.69, 9.17) is 6.85 Å². The summed E-state index contributed by atoms with van der Waals surface area (Å²) in [6, 6.07) is 17.4. The molecule has 246 valence electrons. The van der Waals surface area contributed by atoms with E-state index < -0.39 is 42.3 Å². The molecule has 11 rings (SSSR count). The molecule has 0 aromatic heterocycles. The van der Waals surface area contributed by atoms with E-state index in [1.54, 1.807) is 0 Å². The van der Waals surface area contributed by atoms with Gasteiger partial charge in [0.1, 0.15) is 0 Å². The van der Waals surface area contributed by atoms with Crippen LogP contribution in [0.15, 0.2) is 115 Å². The largest absolute Gasteiger partial charge is 0.310 e. The first-order valence-electron chi connectivity index (χ1n) is 22.8. The highest BCUT2D eigenvalue weighted by molar-refractivity contribution is 5.88. The SMILES string of the molecule is [2H]c1c([2H])c([2H])c(-c2c([2H])c([2H])c(N(c3ccc4c(c3)C3(c5ccccc5-4)C4CC5CC(C4)CC3C5)c3cccc4c3C(C)(C)CCC4(C)C)c([2H])c2[2H])c([2H])c1[2H]. The van der Waals surface area contributed by atoms with E-state index >= 15 is 0 Å². The van der Waals surface area contributed by atoms with Crippen LogP contribution >= 0.6 is 0 Å². The monoisotopic (exact) mass is 648 g/mol. The van der Waals surface area contributed by atoms with E-state index in [9.17, 15) is 5.48 Å². The van der Waals surface area contributed by atoms with Crippen molar-refractivity contribution in [3.8, 4) is 22.3 Å². The van der Waals surface area contributed by atoms with Gasteiger partial charge in [-0.05, 0) is 154 Å². The molecule has 1 heteroatoms. The van der Waals surface area contributed by atoms with Crippen LogP contribution in [-0.4, -0.2) is 0 Å². The second-order valence-electron chi connectivity index (χ2n) is 17.0. The van der Waals surface area contributed by atoms with Gasteiger partial charge in [-0.2, -0.15) is 0 Å². The molecule has 49 heavy (non-hydrogen) atoms. The molecular formula is C48H49N. The predicted octanol–water partition coefficient (Wildman–Crippen LogP) is 12.9. The smallest absolute Gasteiger partial charge is 0.0645 e. The molecule has 5 aromatic rings. The Hall–Kier alpha value is -4.10. The van der Waals surface area contributed by atoms with Crippen LogP contribution in [0.5, 0.6) is 0 Å². The quantitative estimate of drug-likeness (QED) is 0.187. The minimum absolute atomic E-state index is 0.0771. The maximum absolute atomic E-state index is 9.75. The third-order valence-corrected chi connectivity index (χ3v) is 13.4. The summed E-state index contributed by atoms with van der Waals surface area (Å²) in [5.74, 6) is 2.59. The van der Waals surface area contributed by atoms with Gasteiger partial charge in [0.15, 0.2) is 0 Å². The Bertz CT molecular complexity index is 2520. The summed E-state index contributed by atoms with van der Waals surface area (Å²) < 4.78 is 80.7. The molecule has 0 heterocycles. The van der Waals surface area contributed by atoms with Crippen molar-refractivity contribution in [1.82, 2.24) is 0 Å². The molecule has 6 aliphatic carbocycles. The Morgan fingerprint density at radius 1 is 0.571 bits per heavy atom. The molecule has 4 bridgehead atoms. The van der Waals surface area contributed by atoms with E-state index in [1.807, 2.05) is 11.0 Å². The molecule has 0 aliphatic heterocycles. The number of rotatable bonds is 4. The molecule has 0 saturated heterocycles. The fraction of sp³-hybridized carbons (Fsp3) is 0.375. The highest BCUT2D eigenvalue weighted by Gasteiger charge is 2.61. The average molecular weight is 649 g/mol. The van der Waals surface area contributed by atoms with Crippen LogP contribution in [0.2, 0.25) is 0 Å². The van der Waals surface area contributed by atoms with Crippen LogP contribution in [0.3, 0.4) is 0 Å². The molecule has 1 spiro atoms.